The summed E-state index contributed by atoms with van der Waals surface area (Å²) < 4.78 is 0. The molecule has 0 aromatic rings. The number of unbranched alkanes of at least 4 members (excludes halogenated alkanes) is 18. The minimum atomic E-state index is -0.653. The summed E-state index contributed by atoms with van der Waals surface area (Å²) in [5, 5.41) is 8.59. The second-order valence-corrected chi connectivity index (χ2v) is 8.91. The van der Waals surface area contributed by atoms with Crippen LogP contribution < -0.4 is 0 Å². The molecule has 0 unspecified atom stereocenters. The first-order valence-corrected chi connectivity index (χ1v) is 13.3. The van der Waals surface area contributed by atoms with Gasteiger partial charge in [-0.2, -0.15) is 0 Å². The van der Waals surface area contributed by atoms with Crippen LogP contribution in [0.15, 0.2) is 24.3 Å². The van der Waals surface area contributed by atoms with Crippen molar-refractivity contribution in [2.24, 2.45) is 0 Å². The van der Waals surface area contributed by atoms with Crippen LogP contribution in [-0.4, -0.2) is 11.1 Å². The number of hydrogen-bond donors (Lipinski definition) is 1. The molecule has 2 heteroatoms. The maximum absolute atomic E-state index is 10.4. The molecule has 0 saturated heterocycles. The minimum absolute atomic E-state index is 0.342. The van der Waals surface area contributed by atoms with E-state index >= 15 is 0 Å². The molecule has 0 heterocycles. The van der Waals surface area contributed by atoms with Crippen LogP contribution in [0, 0.1) is 0 Å². The number of carboxylic acid groups (broad SMARTS) is 1. The fourth-order valence-corrected chi connectivity index (χ4v) is 3.84. The van der Waals surface area contributed by atoms with Crippen LogP contribution in [0.2, 0.25) is 0 Å². The first-order chi connectivity index (χ1) is 14.8. The zero-order chi connectivity index (χ0) is 22.0. The van der Waals surface area contributed by atoms with Crippen molar-refractivity contribution >= 4 is 5.97 Å². The van der Waals surface area contributed by atoms with E-state index in [0.717, 1.165) is 19.3 Å². The first kappa shape index (κ1) is 28.9. The predicted molar refractivity (Wildman–Crippen MR) is 133 cm³/mol. The van der Waals surface area contributed by atoms with Gasteiger partial charge in [0.25, 0.3) is 0 Å². The van der Waals surface area contributed by atoms with Gasteiger partial charge < -0.3 is 5.11 Å². The molecule has 0 saturated carbocycles. The Morgan fingerprint density at radius 1 is 0.533 bits per heavy atom. The summed E-state index contributed by atoms with van der Waals surface area (Å²) in [6.07, 6.45) is 37.1. The van der Waals surface area contributed by atoms with Crippen molar-refractivity contribution in [2.75, 3.05) is 0 Å². The minimum Gasteiger partial charge on any atom is -0.481 e. The predicted octanol–water partition coefficient (Wildman–Crippen LogP) is 9.79. The highest BCUT2D eigenvalue weighted by Gasteiger charge is 1.97. The lowest BCUT2D eigenvalue weighted by Crippen LogP contribution is -1.93. The van der Waals surface area contributed by atoms with Crippen LogP contribution in [0.5, 0.6) is 0 Å². The Hall–Kier alpha value is -1.05. The molecule has 0 aliphatic rings. The molecule has 0 rings (SSSR count). The molecule has 0 atom stereocenters. The van der Waals surface area contributed by atoms with E-state index in [4.69, 9.17) is 5.11 Å². The molecule has 2 nitrogen and oxygen atoms in total. The molecule has 30 heavy (non-hydrogen) atoms. The highest BCUT2D eigenvalue weighted by atomic mass is 16.4. The van der Waals surface area contributed by atoms with Crippen molar-refractivity contribution in [1.82, 2.24) is 0 Å². The summed E-state index contributed by atoms with van der Waals surface area (Å²) in [6.45, 7) is 2.25. The Balaban J connectivity index is 3.09. The topological polar surface area (TPSA) is 37.3 Å². The van der Waals surface area contributed by atoms with Gasteiger partial charge in [0, 0.05) is 6.42 Å². The zero-order valence-electron chi connectivity index (χ0n) is 20.2. The van der Waals surface area contributed by atoms with E-state index < -0.39 is 5.97 Å². The zero-order valence-corrected chi connectivity index (χ0v) is 20.2. The normalized spacial score (nSPS) is 11.8. The first-order valence-electron chi connectivity index (χ1n) is 13.3. The fraction of sp³-hybridized carbons (Fsp3) is 0.821. The van der Waals surface area contributed by atoms with Gasteiger partial charge in [-0.15, -0.1) is 0 Å². The highest BCUT2D eigenvalue weighted by Crippen LogP contribution is 2.14. The Morgan fingerprint density at radius 2 is 0.900 bits per heavy atom. The summed E-state index contributed by atoms with van der Waals surface area (Å²) in [7, 11) is 0. The van der Waals surface area contributed by atoms with Crippen molar-refractivity contribution in [1.29, 1.82) is 0 Å². The van der Waals surface area contributed by atoms with Crippen molar-refractivity contribution in [3.05, 3.63) is 24.3 Å². The Kier molecular flexibility index (Phi) is 25.1. The van der Waals surface area contributed by atoms with Crippen LogP contribution in [0.4, 0.5) is 0 Å². The van der Waals surface area contributed by atoms with Crippen LogP contribution in [0.1, 0.15) is 148 Å². The van der Waals surface area contributed by atoms with Gasteiger partial charge in [-0.05, 0) is 32.1 Å². The molecule has 176 valence electrons. The van der Waals surface area contributed by atoms with Gasteiger partial charge in [-0.3, -0.25) is 4.79 Å². The monoisotopic (exact) mass is 420 g/mol. The summed E-state index contributed by atoms with van der Waals surface area (Å²) >= 11 is 0. The molecule has 0 radical (unpaired) electrons. The SMILES string of the molecule is CCCCC=CCC=CCCCCCCCCCCCCCCCCCCC(=O)O. The van der Waals surface area contributed by atoms with Crippen molar-refractivity contribution in [3.63, 3.8) is 0 Å². The number of hydrogen-bond acceptors (Lipinski definition) is 1. The molecular weight excluding hydrogens is 368 g/mol. The molecule has 0 aliphatic heterocycles. The standard InChI is InChI=1S/C28H52O2/c1-2-3-4-5-6-7-8-9-10-11-12-13-14-15-16-17-18-19-20-21-22-23-24-25-26-27-28(29)30/h5-6,8-9H,2-4,7,10-27H2,1H3,(H,29,30). The van der Waals surface area contributed by atoms with Crippen LogP contribution in [0.3, 0.4) is 0 Å². The van der Waals surface area contributed by atoms with Crippen LogP contribution in [0.25, 0.3) is 0 Å². The Bertz CT molecular complexity index is 397. The van der Waals surface area contributed by atoms with Gasteiger partial charge >= 0.3 is 5.97 Å². The van der Waals surface area contributed by atoms with E-state index in [1.165, 1.54) is 116 Å². The largest absolute Gasteiger partial charge is 0.481 e. The van der Waals surface area contributed by atoms with Gasteiger partial charge in [0.15, 0.2) is 0 Å². The summed E-state index contributed by atoms with van der Waals surface area (Å²) in [5.74, 6) is -0.653. The van der Waals surface area contributed by atoms with Crippen LogP contribution in [-0.2, 0) is 4.79 Å². The molecule has 0 aromatic carbocycles. The smallest absolute Gasteiger partial charge is 0.303 e. The van der Waals surface area contributed by atoms with Crippen LogP contribution >= 0.6 is 0 Å². The van der Waals surface area contributed by atoms with Crippen molar-refractivity contribution in [3.8, 4) is 0 Å². The second-order valence-electron chi connectivity index (χ2n) is 8.91. The quantitative estimate of drug-likeness (QED) is 0.125. The van der Waals surface area contributed by atoms with Gasteiger partial charge in [0.05, 0.1) is 0 Å². The molecule has 1 N–H and O–H groups in total. The number of carboxylic acids is 1. The second kappa shape index (κ2) is 26.0. The van der Waals surface area contributed by atoms with E-state index in [0.29, 0.717) is 6.42 Å². The number of rotatable bonds is 24. The molecule has 0 aliphatic carbocycles. The van der Waals surface area contributed by atoms with Gasteiger partial charge in [0.2, 0.25) is 0 Å². The molecule has 0 aromatic heterocycles. The van der Waals surface area contributed by atoms with Crippen molar-refractivity contribution in [2.45, 2.75) is 148 Å². The average molecular weight is 421 g/mol. The van der Waals surface area contributed by atoms with E-state index in [9.17, 15) is 4.79 Å². The van der Waals surface area contributed by atoms with E-state index in [1.807, 2.05) is 0 Å². The van der Waals surface area contributed by atoms with Gasteiger partial charge in [-0.25, -0.2) is 0 Å². The number of carbonyl (C=O) groups is 1. The fourth-order valence-electron chi connectivity index (χ4n) is 3.84. The molecule has 0 bridgehead atoms. The summed E-state index contributed by atoms with van der Waals surface area (Å²) in [5.41, 5.74) is 0. The lowest BCUT2D eigenvalue weighted by Gasteiger charge is -2.03. The third kappa shape index (κ3) is 27.0. The molecular formula is C28H52O2. The summed E-state index contributed by atoms with van der Waals surface area (Å²) in [6, 6.07) is 0. The molecule has 0 spiro atoms. The highest BCUT2D eigenvalue weighted by molar-refractivity contribution is 5.66. The van der Waals surface area contributed by atoms with Crippen molar-refractivity contribution < 1.29 is 9.90 Å². The van der Waals surface area contributed by atoms with Gasteiger partial charge in [0.1, 0.15) is 0 Å². The maximum atomic E-state index is 10.4. The average Bonchev–Trinajstić information content (AvgIpc) is 2.73. The molecule has 0 amide bonds. The number of allylic oxidation sites excluding steroid dienone is 4. The Morgan fingerprint density at radius 3 is 1.30 bits per heavy atom. The lowest BCUT2D eigenvalue weighted by molar-refractivity contribution is -0.137. The van der Waals surface area contributed by atoms with E-state index in [-0.39, 0.29) is 0 Å². The third-order valence-electron chi connectivity index (χ3n) is 5.84. The summed E-state index contributed by atoms with van der Waals surface area (Å²) in [4.78, 5) is 10.4. The van der Waals surface area contributed by atoms with E-state index in [2.05, 4.69) is 31.2 Å². The van der Waals surface area contributed by atoms with E-state index in [1.54, 1.807) is 0 Å². The molecule has 0 fully saturated rings. The number of aliphatic carboxylic acids is 1. The Labute approximate surface area is 188 Å². The lowest BCUT2D eigenvalue weighted by atomic mass is 10.0. The maximum Gasteiger partial charge on any atom is 0.303 e. The van der Waals surface area contributed by atoms with Gasteiger partial charge in [-0.1, -0.05) is 134 Å². The third-order valence-corrected chi connectivity index (χ3v) is 5.84.